The summed E-state index contributed by atoms with van der Waals surface area (Å²) in [5.41, 5.74) is 5.63. The molecule has 2 aromatic carbocycles. The number of hydrogen-bond donors (Lipinski definition) is 0. The van der Waals surface area contributed by atoms with E-state index in [-0.39, 0.29) is 11.9 Å². The van der Waals surface area contributed by atoms with Crippen LogP contribution in [-0.4, -0.2) is 41.7 Å². The van der Waals surface area contributed by atoms with Crippen molar-refractivity contribution in [3.05, 3.63) is 70.8 Å². The lowest BCUT2D eigenvalue weighted by Crippen LogP contribution is -2.36. The Kier molecular flexibility index (Phi) is 5.52. The summed E-state index contributed by atoms with van der Waals surface area (Å²) in [7, 11) is 1.96. The highest BCUT2D eigenvalue weighted by Crippen LogP contribution is 2.33. The molecule has 0 spiro atoms. The third-order valence-electron chi connectivity index (χ3n) is 4.92. The van der Waals surface area contributed by atoms with Gasteiger partial charge in [-0.1, -0.05) is 66.6 Å². The van der Waals surface area contributed by atoms with Crippen molar-refractivity contribution in [2.45, 2.75) is 33.2 Å². The molecule has 0 unspecified atom stereocenters. The second kappa shape index (κ2) is 7.83. The van der Waals surface area contributed by atoms with Gasteiger partial charge in [-0.25, -0.2) is 5.01 Å². The van der Waals surface area contributed by atoms with Gasteiger partial charge in [0, 0.05) is 6.42 Å². The smallest absolute Gasteiger partial charge is 0.257 e. The second-order valence-corrected chi connectivity index (χ2v) is 7.12. The van der Waals surface area contributed by atoms with Crippen LogP contribution in [0.15, 0.2) is 53.6 Å². The number of carbonyl (C=O) groups excluding carboxylic acids is 1. The summed E-state index contributed by atoms with van der Waals surface area (Å²) in [4.78, 5) is 14.9. The van der Waals surface area contributed by atoms with Crippen LogP contribution in [0.25, 0.3) is 0 Å². The average molecular weight is 349 g/mol. The van der Waals surface area contributed by atoms with Crippen LogP contribution in [0.4, 0.5) is 0 Å². The molecule has 1 aliphatic heterocycles. The summed E-state index contributed by atoms with van der Waals surface area (Å²) in [6.07, 6.45) is 0.744. The van der Waals surface area contributed by atoms with Crippen LogP contribution in [0.2, 0.25) is 0 Å². The predicted octanol–water partition coefficient (Wildman–Crippen LogP) is 3.93. The maximum absolute atomic E-state index is 12.9. The van der Waals surface area contributed by atoms with Gasteiger partial charge in [-0.05, 0) is 38.6 Å². The lowest BCUT2D eigenvalue weighted by molar-refractivity contribution is -0.133. The molecule has 0 fully saturated rings. The van der Waals surface area contributed by atoms with Gasteiger partial charge in [0.05, 0.1) is 18.3 Å². The third kappa shape index (κ3) is 4.02. The molecular weight excluding hydrogens is 322 g/mol. The Balaban J connectivity index is 1.92. The summed E-state index contributed by atoms with van der Waals surface area (Å²) in [5.74, 6) is 0.0441. The number of nitrogens with zero attached hydrogens (tertiary/aromatic N) is 3. The number of carbonyl (C=O) groups is 1. The standard InChI is InChI=1S/C22H27N3O/c1-5-24(4)15-22(26)25-21(18-11-9-16(2)10-12-18)14-20(23-25)19-8-6-7-17(3)13-19/h6-13,21H,5,14-15H2,1-4H3/t21-/m1/s1. The van der Waals surface area contributed by atoms with E-state index in [4.69, 9.17) is 5.10 Å². The SMILES string of the molecule is CCN(C)CC(=O)N1N=C(c2cccc(C)c2)C[C@@H]1c1ccc(C)cc1. The first-order chi connectivity index (χ1) is 12.5. The first-order valence-electron chi connectivity index (χ1n) is 9.19. The quantitative estimate of drug-likeness (QED) is 0.820. The first-order valence-corrected chi connectivity index (χ1v) is 9.19. The van der Waals surface area contributed by atoms with Crippen molar-refractivity contribution < 1.29 is 4.79 Å². The van der Waals surface area contributed by atoms with Gasteiger partial charge in [0.15, 0.2) is 0 Å². The average Bonchev–Trinajstić information content (AvgIpc) is 3.08. The number of amides is 1. The van der Waals surface area contributed by atoms with Crippen LogP contribution >= 0.6 is 0 Å². The van der Waals surface area contributed by atoms with E-state index in [9.17, 15) is 4.79 Å². The minimum Gasteiger partial charge on any atom is -0.298 e. The fourth-order valence-electron chi connectivity index (χ4n) is 3.20. The van der Waals surface area contributed by atoms with E-state index in [1.807, 2.05) is 18.0 Å². The summed E-state index contributed by atoms with van der Waals surface area (Å²) in [6, 6.07) is 16.7. The minimum absolute atomic E-state index is 0.0381. The lowest BCUT2D eigenvalue weighted by atomic mass is 9.97. The van der Waals surface area contributed by atoms with Gasteiger partial charge in [-0.3, -0.25) is 9.69 Å². The summed E-state index contributed by atoms with van der Waals surface area (Å²) in [6.45, 7) is 7.42. The maximum atomic E-state index is 12.9. The highest BCUT2D eigenvalue weighted by molar-refractivity contribution is 6.03. The fourth-order valence-corrected chi connectivity index (χ4v) is 3.20. The molecule has 0 aliphatic carbocycles. The molecule has 1 heterocycles. The predicted molar refractivity (Wildman–Crippen MR) is 106 cm³/mol. The van der Waals surface area contributed by atoms with E-state index in [1.165, 1.54) is 11.1 Å². The number of hydrazone groups is 1. The Morgan fingerprint density at radius 2 is 1.88 bits per heavy atom. The number of hydrogen-bond acceptors (Lipinski definition) is 3. The van der Waals surface area contributed by atoms with Gasteiger partial charge in [0.1, 0.15) is 0 Å². The minimum atomic E-state index is -0.0381. The van der Waals surface area contributed by atoms with Crippen LogP contribution in [0.5, 0.6) is 0 Å². The number of rotatable bonds is 5. The Bertz CT molecular complexity index is 810. The van der Waals surface area contributed by atoms with Crippen molar-refractivity contribution >= 4 is 11.6 Å². The second-order valence-electron chi connectivity index (χ2n) is 7.12. The molecule has 26 heavy (non-hydrogen) atoms. The lowest BCUT2D eigenvalue weighted by Gasteiger charge is -2.24. The van der Waals surface area contributed by atoms with Gasteiger partial charge in [-0.2, -0.15) is 5.10 Å². The molecule has 3 rings (SSSR count). The largest absolute Gasteiger partial charge is 0.298 e. The Labute approximate surface area is 156 Å². The van der Waals surface area contributed by atoms with E-state index in [0.29, 0.717) is 6.54 Å². The van der Waals surface area contributed by atoms with Crippen LogP contribution in [0.1, 0.15) is 41.6 Å². The highest BCUT2D eigenvalue weighted by Gasteiger charge is 2.33. The van der Waals surface area contributed by atoms with Crippen LogP contribution in [0, 0.1) is 13.8 Å². The first kappa shape index (κ1) is 18.3. The number of aryl methyl sites for hydroxylation is 2. The molecule has 0 N–H and O–H groups in total. The Morgan fingerprint density at radius 3 is 2.54 bits per heavy atom. The summed E-state index contributed by atoms with van der Waals surface area (Å²) < 4.78 is 0. The van der Waals surface area contributed by atoms with E-state index < -0.39 is 0 Å². The third-order valence-corrected chi connectivity index (χ3v) is 4.92. The van der Waals surface area contributed by atoms with Gasteiger partial charge in [-0.15, -0.1) is 0 Å². The van der Waals surface area contributed by atoms with Gasteiger partial charge in [0.25, 0.3) is 5.91 Å². The topological polar surface area (TPSA) is 35.9 Å². The molecule has 4 nitrogen and oxygen atoms in total. The fraction of sp³-hybridized carbons (Fsp3) is 0.364. The van der Waals surface area contributed by atoms with Crippen molar-refractivity contribution in [3.63, 3.8) is 0 Å². The Morgan fingerprint density at radius 1 is 1.15 bits per heavy atom. The molecular formula is C22H27N3O. The molecule has 136 valence electrons. The molecule has 1 amide bonds. The van der Waals surface area contributed by atoms with E-state index in [1.54, 1.807) is 5.01 Å². The van der Waals surface area contributed by atoms with Crippen molar-refractivity contribution in [1.29, 1.82) is 0 Å². The van der Waals surface area contributed by atoms with Crippen molar-refractivity contribution in [2.75, 3.05) is 20.1 Å². The molecule has 0 bridgehead atoms. The van der Waals surface area contributed by atoms with E-state index in [2.05, 4.69) is 63.2 Å². The molecule has 0 saturated carbocycles. The molecule has 1 aliphatic rings. The van der Waals surface area contributed by atoms with Crippen LogP contribution in [-0.2, 0) is 4.79 Å². The van der Waals surface area contributed by atoms with Gasteiger partial charge in [0.2, 0.25) is 0 Å². The maximum Gasteiger partial charge on any atom is 0.257 e. The number of likely N-dealkylation sites (N-methyl/N-ethyl adjacent to an activating group) is 1. The highest BCUT2D eigenvalue weighted by atomic mass is 16.2. The molecule has 0 aromatic heterocycles. The van der Waals surface area contributed by atoms with Crippen molar-refractivity contribution in [3.8, 4) is 0 Å². The molecule has 0 radical (unpaired) electrons. The van der Waals surface area contributed by atoms with E-state index >= 15 is 0 Å². The zero-order valence-electron chi connectivity index (χ0n) is 16.1. The molecule has 1 atom stereocenters. The zero-order chi connectivity index (χ0) is 18.7. The van der Waals surface area contributed by atoms with Gasteiger partial charge >= 0.3 is 0 Å². The van der Waals surface area contributed by atoms with E-state index in [0.717, 1.165) is 29.8 Å². The van der Waals surface area contributed by atoms with Crippen molar-refractivity contribution in [2.24, 2.45) is 5.10 Å². The van der Waals surface area contributed by atoms with Crippen molar-refractivity contribution in [1.82, 2.24) is 9.91 Å². The summed E-state index contributed by atoms with van der Waals surface area (Å²) in [5, 5.41) is 6.43. The summed E-state index contributed by atoms with van der Waals surface area (Å²) >= 11 is 0. The van der Waals surface area contributed by atoms with Gasteiger partial charge < -0.3 is 0 Å². The molecule has 0 saturated heterocycles. The molecule has 2 aromatic rings. The Hall–Kier alpha value is -2.46. The molecule has 4 heteroatoms. The number of benzene rings is 2. The zero-order valence-corrected chi connectivity index (χ0v) is 16.1. The van der Waals surface area contributed by atoms with Crippen LogP contribution in [0.3, 0.4) is 0 Å². The monoisotopic (exact) mass is 349 g/mol. The van der Waals surface area contributed by atoms with Crippen LogP contribution < -0.4 is 0 Å². The normalized spacial score (nSPS) is 16.9.